The first kappa shape index (κ1) is 8.05. The van der Waals surface area contributed by atoms with E-state index in [-0.39, 0.29) is 23.9 Å². The highest BCUT2D eigenvalue weighted by atomic mass is 16.5. The van der Waals surface area contributed by atoms with E-state index in [2.05, 4.69) is 0 Å². The third-order valence-corrected chi connectivity index (χ3v) is 3.35. The van der Waals surface area contributed by atoms with Crippen molar-refractivity contribution in [2.24, 2.45) is 17.8 Å². The fourth-order valence-electron chi connectivity index (χ4n) is 2.80. The summed E-state index contributed by atoms with van der Waals surface area (Å²) in [5.74, 6) is 0.434. The second kappa shape index (κ2) is 2.73. The van der Waals surface area contributed by atoms with Crippen LogP contribution in [0.2, 0.25) is 0 Å². The van der Waals surface area contributed by atoms with Crippen LogP contribution in [0.3, 0.4) is 0 Å². The summed E-state index contributed by atoms with van der Waals surface area (Å²) in [6.45, 7) is 0. The molecule has 0 saturated heterocycles. The van der Waals surface area contributed by atoms with Crippen LogP contribution in [0.15, 0.2) is 0 Å². The van der Waals surface area contributed by atoms with Gasteiger partial charge in [0.15, 0.2) is 0 Å². The molecular weight excluding hydrogens is 156 g/mol. The Morgan fingerprint density at radius 3 is 2.67 bits per heavy atom. The van der Waals surface area contributed by atoms with Crippen molar-refractivity contribution in [1.82, 2.24) is 0 Å². The quantitative estimate of drug-likeness (QED) is 0.585. The number of aliphatic hydroxyl groups is 1. The Hall–Kier alpha value is -0.570. The van der Waals surface area contributed by atoms with Crippen molar-refractivity contribution in [1.29, 1.82) is 0 Å². The van der Waals surface area contributed by atoms with Crippen LogP contribution in [-0.4, -0.2) is 24.3 Å². The highest BCUT2D eigenvalue weighted by Crippen LogP contribution is 2.49. The number of ether oxygens (including phenoxy) is 1. The van der Waals surface area contributed by atoms with Gasteiger partial charge >= 0.3 is 5.97 Å². The van der Waals surface area contributed by atoms with Crippen LogP contribution >= 0.6 is 0 Å². The number of methoxy groups -OCH3 is 1. The van der Waals surface area contributed by atoms with Gasteiger partial charge in [-0.15, -0.1) is 0 Å². The molecule has 0 unspecified atom stereocenters. The Morgan fingerprint density at radius 1 is 1.50 bits per heavy atom. The highest BCUT2D eigenvalue weighted by molar-refractivity contribution is 5.74. The Morgan fingerprint density at radius 2 is 2.25 bits per heavy atom. The van der Waals surface area contributed by atoms with Crippen LogP contribution in [0.4, 0.5) is 0 Å². The largest absolute Gasteiger partial charge is 0.469 e. The molecule has 0 aromatic carbocycles. The Bertz CT molecular complexity index is 202. The molecule has 0 aromatic rings. The van der Waals surface area contributed by atoms with Crippen molar-refractivity contribution in [2.75, 3.05) is 7.11 Å². The molecule has 3 nitrogen and oxygen atoms in total. The molecule has 4 atom stereocenters. The average molecular weight is 170 g/mol. The number of carbonyl (C=O) groups is 1. The number of hydrogen-bond donors (Lipinski definition) is 1. The van der Waals surface area contributed by atoms with Crippen LogP contribution in [0, 0.1) is 17.8 Å². The van der Waals surface area contributed by atoms with Crippen molar-refractivity contribution in [2.45, 2.75) is 25.4 Å². The van der Waals surface area contributed by atoms with E-state index >= 15 is 0 Å². The SMILES string of the molecule is COC(=O)[C@H]1[C@H]2CC[C@@H]1[C@@H](O)C2. The standard InChI is InChI=1S/C9H14O3/c1-12-9(11)8-5-2-3-6(8)7(10)4-5/h5-8,10H,2-4H2,1H3/t5-,6+,7-,8-/m0/s1. The van der Waals surface area contributed by atoms with E-state index in [1.54, 1.807) is 0 Å². The van der Waals surface area contributed by atoms with Gasteiger partial charge in [0.2, 0.25) is 0 Å². The predicted molar refractivity (Wildman–Crippen MR) is 42.3 cm³/mol. The fraction of sp³-hybridized carbons (Fsp3) is 0.889. The van der Waals surface area contributed by atoms with Gasteiger partial charge in [0.05, 0.1) is 19.1 Å². The van der Waals surface area contributed by atoms with Gasteiger partial charge in [-0.1, -0.05) is 0 Å². The number of carbonyl (C=O) groups excluding carboxylic acids is 1. The minimum atomic E-state index is -0.257. The molecule has 68 valence electrons. The van der Waals surface area contributed by atoms with E-state index in [1.165, 1.54) is 7.11 Å². The third-order valence-electron chi connectivity index (χ3n) is 3.35. The minimum Gasteiger partial charge on any atom is -0.469 e. The molecule has 0 aliphatic heterocycles. The van der Waals surface area contributed by atoms with Gasteiger partial charge in [0.25, 0.3) is 0 Å². The van der Waals surface area contributed by atoms with Gasteiger partial charge in [-0.25, -0.2) is 0 Å². The highest BCUT2D eigenvalue weighted by Gasteiger charge is 2.51. The average Bonchev–Trinajstić information content (AvgIpc) is 2.59. The summed E-state index contributed by atoms with van der Waals surface area (Å²) in [6, 6.07) is 0. The van der Waals surface area contributed by atoms with E-state index in [9.17, 15) is 9.90 Å². The van der Waals surface area contributed by atoms with Crippen molar-refractivity contribution in [3.05, 3.63) is 0 Å². The topological polar surface area (TPSA) is 46.5 Å². The summed E-state index contributed by atoms with van der Waals surface area (Å²) < 4.78 is 4.71. The molecule has 2 aliphatic carbocycles. The molecule has 2 bridgehead atoms. The zero-order valence-corrected chi connectivity index (χ0v) is 7.19. The van der Waals surface area contributed by atoms with Crippen molar-refractivity contribution < 1.29 is 14.6 Å². The zero-order chi connectivity index (χ0) is 8.72. The number of rotatable bonds is 1. The summed E-state index contributed by atoms with van der Waals surface area (Å²) in [4.78, 5) is 11.3. The lowest BCUT2D eigenvalue weighted by Gasteiger charge is -2.15. The second-order valence-electron chi connectivity index (χ2n) is 3.85. The molecule has 2 aliphatic rings. The molecule has 0 amide bonds. The number of esters is 1. The molecular formula is C9H14O3. The number of hydrogen-bond acceptors (Lipinski definition) is 3. The molecule has 2 fully saturated rings. The van der Waals surface area contributed by atoms with Gasteiger partial charge in [-0.3, -0.25) is 4.79 Å². The normalized spacial score (nSPS) is 44.8. The lowest BCUT2D eigenvalue weighted by molar-refractivity contribution is -0.147. The smallest absolute Gasteiger partial charge is 0.309 e. The van der Waals surface area contributed by atoms with Gasteiger partial charge < -0.3 is 9.84 Å². The van der Waals surface area contributed by atoms with Gasteiger partial charge in [-0.05, 0) is 31.1 Å². The number of fused-ring (bicyclic) bond motifs is 2. The Kier molecular flexibility index (Phi) is 1.83. The first-order chi connectivity index (χ1) is 5.74. The van der Waals surface area contributed by atoms with Crippen molar-refractivity contribution >= 4 is 5.97 Å². The minimum absolute atomic E-state index is 0.00926. The Labute approximate surface area is 71.7 Å². The molecule has 0 heterocycles. The lowest BCUT2D eigenvalue weighted by Crippen LogP contribution is -2.23. The summed E-state index contributed by atoms with van der Waals surface area (Å²) >= 11 is 0. The van der Waals surface area contributed by atoms with Gasteiger partial charge in [0.1, 0.15) is 0 Å². The predicted octanol–water partition coefficient (Wildman–Crippen LogP) is 0.566. The monoisotopic (exact) mass is 170 g/mol. The molecule has 0 radical (unpaired) electrons. The molecule has 0 aromatic heterocycles. The van der Waals surface area contributed by atoms with Gasteiger partial charge in [-0.2, -0.15) is 0 Å². The first-order valence-electron chi connectivity index (χ1n) is 4.50. The fourth-order valence-corrected chi connectivity index (χ4v) is 2.80. The second-order valence-corrected chi connectivity index (χ2v) is 3.85. The maximum absolute atomic E-state index is 11.3. The van der Waals surface area contributed by atoms with E-state index in [4.69, 9.17) is 4.74 Å². The molecule has 2 rings (SSSR count). The molecule has 12 heavy (non-hydrogen) atoms. The summed E-state index contributed by atoms with van der Waals surface area (Å²) in [7, 11) is 1.42. The zero-order valence-electron chi connectivity index (χ0n) is 7.19. The molecule has 3 heteroatoms. The molecule has 0 spiro atoms. The molecule has 2 saturated carbocycles. The van der Waals surface area contributed by atoms with Crippen molar-refractivity contribution in [3.8, 4) is 0 Å². The van der Waals surface area contributed by atoms with Crippen LogP contribution < -0.4 is 0 Å². The van der Waals surface area contributed by atoms with Crippen LogP contribution in [-0.2, 0) is 9.53 Å². The lowest BCUT2D eigenvalue weighted by atomic mass is 9.97. The summed E-state index contributed by atoms with van der Waals surface area (Å²) in [5.41, 5.74) is 0. The summed E-state index contributed by atoms with van der Waals surface area (Å²) in [6.07, 6.45) is 2.62. The van der Waals surface area contributed by atoms with E-state index in [1.807, 2.05) is 0 Å². The summed E-state index contributed by atoms with van der Waals surface area (Å²) in [5, 5.41) is 9.53. The van der Waals surface area contributed by atoms with E-state index < -0.39 is 0 Å². The van der Waals surface area contributed by atoms with Crippen LogP contribution in [0.1, 0.15) is 19.3 Å². The van der Waals surface area contributed by atoms with Crippen LogP contribution in [0.25, 0.3) is 0 Å². The maximum Gasteiger partial charge on any atom is 0.309 e. The van der Waals surface area contributed by atoms with Crippen LogP contribution in [0.5, 0.6) is 0 Å². The van der Waals surface area contributed by atoms with E-state index in [0.717, 1.165) is 19.3 Å². The van der Waals surface area contributed by atoms with E-state index in [0.29, 0.717) is 5.92 Å². The van der Waals surface area contributed by atoms with Crippen molar-refractivity contribution in [3.63, 3.8) is 0 Å². The first-order valence-corrected chi connectivity index (χ1v) is 4.50. The third kappa shape index (κ3) is 0.959. The molecule has 1 N–H and O–H groups in total. The van der Waals surface area contributed by atoms with Gasteiger partial charge in [0, 0.05) is 0 Å². The Balaban J connectivity index is 2.13. The maximum atomic E-state index is 11.3. The number of aliphatic hydroxyl groups excluding tert-OH is 1.